The third kappa shape index (κ3) is 2.15. The minimum Gasteiger partial charge on any atom is -0.396 e. The van der Waals surface area contributed by atoms with Crippen LogP contribution in [0.4, 0.5) is 0 Å². The molecule has 54 valence electrons. The maximum atomic E-state index is 8.51. The molecule has 0 aliphatic heterocycles. The first-order valence-corrected chi connectivity index (χ1v) is 3.43. The lowest BCUT2D eigenvalue weighted by atomic mass is 10.1. The summed E-state index contributed by atoms with van der Waals surface area (Å²) in [4.78, 5) is 3.89. The Morgan fingerprint density at radius 1 is 1.30 bits per heavy atom. The number of rotatable bonds is 3. The number of aliphatic hydroxyl groups is 1. The molecule has 0 aliphatic rings. The van der Waals surface area contributed by atoms with Crippen molar-refractivity contribution in [2.75, 3.05) is 6.61 Å². The molecular weight excluding hydrogens is 126 g/mol. The standard InChI is InChI=1S/C8H11NO/c10-7-1-2-8-3-5-9-6-4-8/h3-6,10H,1-2,7H2. The van der Waals surface area contributed by atoms with Gasteiger partial charge in [-0.2, -0.15) is 0 Å². The Labute approximate surface area is 60.5 Å². The van der Waals surface area contributed by atoms with E-state index in [1.165, 1.54) is 5.56 Å². The monoisotopic (exact) mass is 137 g/mol. The molecule has 0 saturated heterocycles. The van der Waals surface area contributed by atoms with Gasteiger partial charge in [0.15, 0.2) is 0 Å². The third-order valence-electron chi connectivity index (χ3n) is 1.37. The van der Waals surface area contributed by atoms with Gasteiger partial charge in [0.05, 0.1) is 0 Å². The predicted molar refractivity (Wildman–Crippen MR) is 39.6 cm³/mol. The van der Waals surface area contributed by atoms with Gasteiger partial charge in [-0.1, -0.05) is 0 Å². The molecular formula is C8H11NO. The average Bonchev–Trinajstić information content (AvgIpc) is 2.03. The maximum Gasteiger partial charge on any atom is 0.0434 e. The highest BCUT2D eigenvalue weighted by Crippen LogP contribution is 1.99. The van der Waals surface area contributed by atoms with Crippen molar-refractivity contribution < 1.29 is 5.11 Å². The summed E-state index contributed by atoms with van der Waals surface area (Å²) in [5.74, 6) is 0. The van der Waals surface area contributed by atoms with Crippen LogP contribution in [0.2, 0.25) is 0 Å². The molecule has 1 aromatic heterocycles. The smallest absolute Gasteiger partial charge is 0.0434 e. The summed E-state index contributed by atoms with van der Waals surface area (Å²) in [6.07, 6.45) is 5.32. The SMILES string of the molecule is OCCCc1ccncc1. The second-order valence-electron chi connectivity index (χ2n) is 2.18. The fraction of sp³-hybridized carbons (Fsp3) is 0.375. The lowest BCUT2D eigenvalue weighted by molar-refractivity contribution is 0.288. The molecule has 1 rings (SSSR count). The van der Waals surface area contributed by atoms with E-state index in [0.29, 0.717) is 0 Å². The molecule has 2 nitrogen and oxygen atoms in total. The molecule has 1 N–H and O–H groups in total. The normalized spacial score (nSPS) is 9.70. The Morgan fingerprint density at radius 3 is 2.60 bits per heavy atom. The zero-order valence-corrected chi connectivity index (χ0v) is 5.83. The molecule has 10 heavy (non-hydrogen) atoms. The Kier molecular flexibility index (Phi) is 2.90. The molecule has 0 unspecified atom stereocenters. The number of nitrogens with zero attached hydrogens (tertiary/aromatic N) is 1. The molecule has 0 saturated carbocycles. The van der Waals surface area contributed by atoms with Gasteiger partial charge in [-0.3, -0.25) is 4.98 Å². The molecule has 0 amide bonds. The molecule has 1 aromatic rings. The van der Waals surface area contributed by atoms with Gasteiger partial charge in [-0.15, -0.1) is 0 Å². The lowest BCUT2D eigenvalue weighted by Gasteiger charge is -1.95. The summed E-state index contributed by atoms with van der Waals surface area (Å²) in [6.45, 7) is 0.266. The van der Waals surface area contributed by atoms with Crippen molar-refractivity contribution in [1.29, 1.82) is 0 Å². The van der Waals surface area contributed by atoms with Gasteiger partial charge in [0, 0.05) is 19.0 Å². The Morgan fingerprint density at radius 2 is 2.00 bits per heavy atom. The van der Waals surface area contributed by atoms with E-state index < -0.39 is 0 Å². The minimum atomic E-state index is 0.266. The van der Waals surface area contributed by atoms with Crippen LogP contribution >= 0.6 is 0 Å². The van der Waals surface area contributed by atoms with E-state index in [1.54, 1.807) is 12.4 Å². The first-order chi connectivity index (χ1) is 4.93. The predicted octanol–water partition coefficient (Wildman–Crippen LogP) is 1.01. The summed E-state index contributed by atoms with van der Waals surface area (Å²) in [6, 6.07) is 3.94. The van der Waals surface area contributed by atoms with Crippen molar-refractivity contribution >= 4 is 0 Å². The van der Waals surface area contributed by atoms with Crippen LogP contribution < -0.4 is 0 Å². The highest BCUT2D eigenvalue weighted by atomic mass is 16.2. The Hall–Kier alpha value is -0.890. The molecule has 0 aromatic carbocycles. The van der Waals surface area contributed by atoms with Gasteiger partial charge >= 0.3 is 0 Å². The molecule has 0 fully saturated rings. The summed E-state index contributed by atoms with van der Waals surface area (Å²) in [7, 11) is 0. The van der Waals surface area contributed by atoms with Crippen molar-refractivity contribution in [2.24, 2.45) is 0 Å². The highest BCUT2D eigenvalue weighted by molar-refractivity contribution is 5.09. The Bertz CT molecular complexity index is 174. The van der Waals surface area contributed by atoms with Gasteiger partial charge in [0.2, 0.25) is 0 Å². The lowest BCUT2D eigenvalue weighted by Crippen LogP contribution is -1.88. The van der Waals surface area contributed by atoms with Crippen molar-refractivity contribution in [3.63, 3.8) is 0 Å². The number of hydrogen-bond acceptors (Lipinski definition) is 2. The quantitative estimate of drug-likeness (QED) is 0.674. The van der Waals surface area contributed by atoms with Crippen LogP contribution in [0.5, 0.6) is 0 Å². The number of aliphatic hydroxyl groups excluding tert-OH is 1. The van der Waals surface area contributed by atoms with Crippen LogP contribution in [0, 0.1) is 0 Å². The number of pyridine rings is 1. The van der Waals surface area contributed by atoms with Crippen LogP contribution in [0.1, 0.15) is 12.0 Å². The van der Waals surface area contributed by atoms with Crippen LogP contribution in [-0.2, 0) is 6.42 Å². The van der Waals surface area contributed by atoms with Gasteiger partial charge < -0.3 is 5.11 Å². The molecule has 0 aliphatic carbocycles. The van der Waals surface area contributed by atoms with Gasteiger partial charge in [-0.25, -0.2) is 0 Å². The highest BCUT2D eigenvalue weighted by Gasteiger charge is 1.88. The molecule has 0 radical (unpaired) electrons. The summed E-state index contributed by atoms with van der Waals surface area (Å²) >= 11 is 0. The second kappa shape index (κ2) is 4.01. The third-order valence-corrected chi connectivity index (χ3v) is 1.37. The van der Waals surface area contributed by atoms with E-state index in [-0.39, 0.29) is 6.61 Å². The molecule has 0 spiro atoms. The zero-order chi connectivity index (χ0) is 7.23. The number of aryl methyl sites for hydroxylation is 1. The fourth-order valence-electron chi connectivity index (χ4n) is 0.833. The topological polar surface area (TPSA) is 33.1 Å². The zero-order valence-electron chi connectivity index (χ0n) is 5.83. The first kappa shape index (κ1) is 7.22. The van der Waals surface area contributed by atoms with Crippen LogP contribution in [0.15, 0.2) is 24.5 Å². The van der Waals surface area contributed by atoms with E-state index in [2.05, 4.69) is 4.98 Å². The van der Waals surface area contributed by atoms with E-state index >= 15 is 0 Å². The van der Waals surface area contributed by atoms with Crippen molar-refractivity contribution in [3.8, 4) is 0 Å². The Balaban J connectivity index is 2.43. The second-order valence-corrected chi connectivity index (χ2v) is 2.18. The van der Waals surface area contributed by atoms with Gasteiger partial charge in [0.25, 0.3) is 0 Å². The van der Waals surface area contributed by atoms with E-state index in [4.69, 9.17) is 5.11 Å². The molecule has 1 heterocycles. The van der Waals surface area contributed by atoms with Crippen LogP contribution in [0.3, 0.4) is 0 Å². The number of aromatic nitrogens is 1. The van der Waals surface area contributed by atoms with Crippen molar-refractivity contribution in [2.45, 2.75) is 12.8 Å². The van der Waals surface area contributed by atoms with Gasteiger partial charge in [0.1, 0.15) is 0 Å². The average molecular weight is 137 g/mol. The van der Waals surface area contributed by atoms with Crippen molar-refractivity contribution in [1.82, 2.24) is 4.98 Å². The fourth-order valence-corrected chi connectivity index (χ4v) is 0.833. The minimum absolute atomic E-state index is 0.266. The molecule has 0 bridgehead atoms. The van der Waals surface area contributed by atoms with E-state index in [9.17, 15) is 0 Å². The largest absolute Gasteiger partial charge is 0.396 e. The first-order valence-electron chi connectivity index (χ1n) is 3.43. The summed E-state index contributed by atoms with van der Waals surface area (Å²) < 4.78 is 0. The number of hydrogen-bond donors (Lipinski definition) is 1. The maximum absolute atomic E-state index is 8.51. The summed E-state index contributed by atoms with van der Waals surface area (Å²) in [5, 5.41) is 8.51. The van der Waals surface area contributed by atoms with Crippen molar-refractivity contribution in [3.05, 3.63) is 30.1 Å². The van der Waals surface area contributed by atoms with Crippen LogP contribution in [-0.4, -0.2) is 16.7 Å². The summed E-state index contributed by atoms with van der Waals surface area (Å²) in [5.41, 5.74) is 1.24. The van der Waals surface area contributed by atoms with E-state index in [0.717, 1.165) is 12.8 Å². The van der Waals surface area contributed by atoms with Crippen LogP contribution in [0.25, 0.3) is 0 Å². The molecule has 2 heteroatoms. The van der Waals surface area contributed by atoms with Gasteiger partial charge in [-0.05, 0) is 30.5 Å². The van der Waals surface area contributed by atoms with E-state index in [1.807, 2.05) is 12.1 Å². The molecule has 0 atom stereocenters.